The number of aromatic nitrogens is 4. The van der Waals surface area contributed by atoms with E-state index < -0.39 is 0 Å². The van der Waals surface area contributed by atoms with E-state index in [0.29, 0.717) is 11.7 Å². The number of hydrogen-bond acceptors (Lipinski definition) is 5. The van der Waals surface area contributed by atoms with E-state index >= 15 is 0 Å². The van der Waals surface area contributed by atoms with Crippen molar-refractivity contribution in [3.8, 4) is 0 Å². The lowest BCUT2D eigenvalue weighted by molar-refractivity contribution is 0.398. The van der Waals surface area contributed by atoms with Gasteiger partial charge < -0.3 is 10.6 Å². The molecule has 6 nitrogen and oxygen atoms in total. The van der Waals surface area contributed by atoms with Crippen molar-refractivity contribution < 1.29 is 0 Å². The Kier molecular flexibility index (Phi) is 2.66. The van der Waals surface area contributed by atoms with Crippen LogP contribution in [0.3, 0.4) is 0 Å². The molecule has 2 aromatic heterocycles. The molecule has 96 valence electrons. The standard InChI is InChI=1S/C12H18N6/c1-8-3-10(13)6-17(5-8)11-4-9(2)16-12-14-7-15-18(11)12/h4,7-8,10H,3,5-6,13H2,1-2H3. The van der Waals surface area contributed by atoms with E-state index in [1.54, 1.807) is 10.8 Å². The maximum absolute atomic E-state index is 6.11. The van der Waals surface area contributed by atoms with Crippen molar-refractivity contribution >= 4 is 11.6 Å². The van der Waals surface area contributed by atoms with Gasteiger partial charge in [0, 0.05) is 30.9 Å². The average molecular weight is 246 g/mol. The van der Waals surface area contributed by atoms with Gasteiger partial charge >= 0.3 is 0 Å². The van der Waals surface area contributed by atoms with Gasteiger partial charge in [-0.3, -0.25) is 0 Å². The molecule has 1 aliphatic rings. The van der Waals surface area contributed by atoms with E-state index in [1.165, 1.54) is 0 Å². The van der Waals surface area contributed by atoms with Crippen LogP contribution in [0.2, 0.25) is 0 Å². The van der Waals surface area contributed by atoms with Crippen LogP contribution in [0.25, 0.3) is 5.78 Å². The number of anilines is 1. The molecule has 3 rings (SSSR count). The molecule has 0 aliphatic carbocycles. The molecule has 18 heavy (non-hydrogen) atoms. The molecule has 3 heterocycles. The maximum Gasteiger partial charge on any atom is 0.254 e. The van der Waals surface area contributed by atoms with Gasteiger partial charge in [-0.05, 0) is 19.3 Å². The first kappa shape index (κ1) is 11.4. The zero-order valence-electron chi connectivity index (χ0n) is 10.7. The van der Waals surface area contributed by atoms with Crippen molar-refractivity contribution in [3.05, 3.63) is 18.1 Å². The SMILES string of the molecule is Cc1cc(N2CC(C)CC(N)C2)n2ncnc2n1. The molecule has 1 aliphatic heterocycles. The molecule has 0 amide bonds. The summed E-state index contributed by atoms with van der Waals surface area (Å²) < 4.78 is 1.79. The minimum absolute atomic E-state index is 0.223. The van der Waals surface area contributed by atoms with Crippen molar-refractivity contribution in [1.82, 2.24) is 19.6 Å². The molecule has 6 heteroatoms. The minimum atomic E-state index is 0.223. The third kappa shape index (κ3) is 1.92. The number of nitrogens with two attached hydrogens (primary N) is 1. The first-order chi connectivity index (χ1) is 8.63. The Morgan fingerprint density at radius 3 is 3.00 bits per heavy atom. The Labute approximate surface area is 106 Å². The van der Waals surface area contributed by atoms with Gasteiger partial charge in [-0.1, -0.05) is 6.92 Å². The average Bonchev–Trinajstić information content (AvgIpc) is 2.74. The van der Waals surface area contributed by atoms with E-state index in [2.05, 4.69) is 26.9 Å². The summed E-state index contributed by atoms with van der Waals surface area (Å²) in [6, 6.07) is 2.27. The molecular weight excluding hydrogens is 228 g/mol. The second-order valence-electron chi connectivity index (χ2n) is 5.23. The number of rotatable bonds is 1. The van der Waals surface area contributed by atoms with Crippen molar-refractivity contribution in [2.45, 2.75) is 26.3 Å². The quantitative estimate of drug-likeness (QED) is 0.798. The fourth-order valence-electron chi connectivity index (χ4n) is 2.72. The number of fused-ring (bicyclic) bond motifs is 1. The van der Waals surface area contributed by atoms with Crippen molar-refractivity contribution in [2.24, 2.45) is 11.7 Å². The molecule has 2 atom stereocenters. The highest BCUT2D eigenvalue weighted by Gasteiger charge is 2.24. The van der Waals surface area contributed by atoms with Gasteiger partial charge in [0.2, 0.25) is 0 Å². The van der Waals surface area contributed by atoms with Gasteiger partial charge in [0.15, 0.2) is 0 Å². The predicted molar refractivity (Wildman–Crippen MR) is 69.5 cm³/mol. The van der Waals surface area contributed by atoms with Crippen LogP contribution >= 0.6 is 0 Å². The second-order valence-corrected chi connectivity index (χ2v) is 5.23. The Bertz CT molecular complexity index is 553. The molecule has 0 aromatic carbocycles. The summed E-state index contributed by atoms with van der Waals surface area (Å²) in [6.45, 7) is 6.08. The van der Waals surface area contributed by atoms with Gasteiger partial charge in [-0.25, -0.2) is 4.98 Å². The smallest absolute Gasteiger partial charge is 0.254 e. The van der Waals surface area contributed by atoms with Crippen LogP contribution in [0.1, 0.15) is 19.0 Å². The zero-order valence-corrected chi connectivity index (χ0v) is 10.7. The number of aryl methyl sites for hydroxylation is 1. The molecule has 2 unspecified atom stereocenters. The van der Waals surface area contributed by atoms with E-state index in [4.69, 9.17) is 5.73 Å². The predicted octanol–water partition coefficient (Wildman–Crippen LogP) is 0.606. The third-order valence-corrected chi connectivity index (χ3v) is 3.38. The molecule has 0 bridgehead atoms. The maximum atomic E-state index is 6.11. The Morgan fingerprint density at radius 1 is 1.39 bits per heavy atom. The van der Waals surface area contributed by atoms with E-state index in [9.17, 15) is 0 Å². The van der Waals surface area contributed by atoms with Crippen molar-refractivity contribution in [2.75, 3.05) is 18.0 Å². The Morgan fingerprint density at radius 2 is 2.22 bits per heavy atom. The van der Waals surface area contributed by atoms with Crippen molar-refractivity contribution in [3.63, 3.8) is 0 Å². The molecule has 1 fully saturated rings. The summed E-state index contributed by atoms with van der Waals surface area (Å²) in [5, 5.41) is 4.25. The second kappa shape index (κ2) is 4.20. The van der Waals surface area contributed by atoms with Crippen molar-refractivity contribution in [1.29, 1.82) is 0 Å². The molecule has 2 aromatic rings. The summed E-state index contributed by atoms with van der Waals surface area (Å²) in [4.78, 5) is 10.8. The topological polar surface area (TPSA) is 72.3 Å². The highest BCUT2D eigenvalue weighted by Crippen LogP contribution is 2.22. The van der Waals surface area contributed by atoms with Gasteiger partial charge in [-0.2, -0.15) is 14.6 Å². The van der Waals surface area contributed by atoms with Gasteiger partial charge in [0.1, 0.15) is 12.1 Å². The first-order valence-electron chi connectivity index (χ1n) is 6.31. The van der Waals surface area contributed by atoms with Crippen LogP contribution in [-0.2, 0) is 0 Å². The summed E-state index contributed by atoms with van der Waals surface area (Å²) in [5.41, 5.74) is 7.06. The molecule has 0 radical (unpaired) electrons. The number of piperidine rings is 1. The van der Waals surface area contributed by atoms with E-state index in [-0.39, 0.29) is 6.04 Å². The highest BCUT2D eigenvalue weighted by atomic mass is 15.4. The zero-order chi connectivity index (χ0) is 12.7. The first-order valence-corrected chi connectivity index (χ1v) is 6.31. The summed E-state index contributed by atoms with van der Waals surface area (Å²) in [7, 11) is 0. The third-order valence-electron chi connectivity index (χ3n) is 3.38. The van der Waals surface area contributed by atoms with E-state index in [0.717, 1.165) is 31.0 Å². The molecule has 0 saturated carbocycles. The monoisotopic (exact) mass is 246 g/mol. The fraction of sp³-hybridized carbons (Fsp3) is 0.583. The highest BCUT2D eigenvalue weighted by molar-refractivity contribution is 5.47. The lowest BCUT2D eigenvalue weighted by Crippen LogP contribution is -2.47. The van der Waals surface area contributed by atoms with Gasteiger partial charge in [-0.15, -0.1) is 0 Å². The van der Waals surface area contributed by atoms with Crippen LogP contribution in [0.4, 0.5) is 5.82 Å². The van der Waals surface area contributed by atoms with Crippen LogP contribution < -0.4 is 10.6 Å². The van der Waals surface area contributed by atoms with Crippen LogP contribution in [-0.4, -0.2) is 38.7 Å². The van der Waals surface area contributed by atoms with Gasteiger partial charge in [0.25, 0.3) is 5.78 Å². The van der Waals surface area contributed by atoms with Crippen LogP contribution in [0, 0.1) is 12.8 Å². The molecular formula is C12H18N6. The summed E-state index contributed by atoms with van der Waals surface area (Å²) in [6.07, 6.45) is 2.62. The number of hydrogen-bond donors (Lipinski definition) is 1. The summed E-state index contributed by atoms with van der Waals surface area (Å²) >= 11 is 0. The number of nitrogens with zero attached hydrogens (tertiary/aromatic N) is 5. The lowest BCUT2D eigenvalue weighted by atomic mass is 9.96. The van der Waals surface area contributed by atoms with Gasteiger partial charge in [0.05, 0.1) is 0 Å². The largest absolute Gasteiger partial charge is 0.355 e. The minimum Gasteiger partial charge on any atom is -0.355 e. The van der Waals surface area contributed by atoms with Crippen LogP contribution in [0.5, 0.6) is 0 Å². The molecule has 1 saturated heterocycles. The molecule has 2 N–H and O–H groups in total. The molecule has 0 spiro atoms. The Balaban J connectivity index is 2.05. The van der Waals surface area contributed by atoms with E-state index in [1.807, 2.05) is 13.0 Å². The lowest BCUT2D eigenvalue weighted by Gasteiger charge is -2.36. The Hall–Kier alpha value is -1.69. The summed E-state index contributed by atoms with van der Waals surface area (Å²) in [5.74, 6) is 2.29. The van der Waals surface area contributed by atoms with Crippen LogP contribution in [0.15, 0.2) is 12.4 Å². The fourth-order valence-corrected chi connectivity index (χ4v) is 2.72. The normalized spacial score (nSPS) is 24.7.